The lowest BCUT2D eigenvalue weighted by Crippen LogP contribution is -2.23. The van der Waals surface area contributed by atoms with Gasteiger partial charge in [-0.3, -0.25) is 4.79 Å². The summed E-state index contributed by atoms with van der Waals surface area (Å²) in [6.45, 7) is 3.70. The van der Waals surface area contributed by atoms with Crippen LogP contribution in [0.5, 0.6) is 0 Å². The van der Waals surface area contributed by atoms with Crippen LogP contribution in [0.3, 0.4) is 0 Å². The fraction of sp³-hybridized carbons (Fsp3) is 0.143. The Balaban J connectivity index is 1.76. The van der Waals surface area contributed by atoms with Gasteiger partial charge < -0.3 is 5.32 Å². The third-order valence-electron chi connectivity index (χ3n) is 3.86. The summed E-state index contributed by atoms with van der Waals surface area (Å²) in [4.78, 5) is 21.6. The number of amides is 1. The molecule has 1 heterocycles. The smallest absolute Gasteiger partial charge is 0.237 e. The van der Waals surface area contributed by atoms with Gasteiger partial charge >= 0.3 is 0 Å². The predicted octanol–water partition coefficient (Wildman–Crippen LogP) is 4.44. The minimum atomic E-state index is -0.415. The summed E-state index contributed by atoms with van der Waals surface area (Å²) in [7, 11) is 0. The maximum Gasteiger partial charge on any atom is 0.237 e. The van der Waals surface area contributed by atoms with Crippen LogP contribution in [0.1, 0.15) is 18.2 Å². The topological polar surface area (TPSA) is 78.7 Å². The highest BCUT2D eigenvalue weighted by molar-refractivity contribution is 8.00. The molecule has 1 aromatic heterocycles. The van der Waals surface area contributed by atoms with Gasteiger partial charge in [-0.2, -0.15) is 5.26 Å². The van der Waals surface area contributed by atoms with Crippen LogP contribution in [0.2, 0.25) is 0 Å². The van der Waals surface area contributed by atoms with Crippen molar-refractivity contribution in [3.05, 3.63) is 71.9 Å². The number of nitrogens with zero attached hydrogens (tertiary/aromatic N) is 3. The quantitative estimate of drug-likeness (QED) is 0.527. The van der Waals surface area contributed by atoms with Crippen molar-refractivity contribution in [2.24, 2.45) is 0 Å². The van der Waals surface area contributed by atoms with Crippen LogP contribution in [0.4, 0.5) is 5.69 Å². The molecule has 0 radical (unpaired) electrons. The number of aryl methyl sites for hydroxylation is 1. The average Bonchev–Trinajstić information content (AvgIpc) is 2.68. The number of benzene rings is 2. The maximum atomic E-state index is 12.5. The van der Waals surface area contributed by atoms with E-state index in [1.165, 1.54) is 11.8 Å². The second-order valence-electron chi connectivity index (χ2n) is 5.95. The average molecular weight is 374 g/mol. The number of carbonyl (C=O) groups is 1. The summed E-state index contributed by atoms with van der Waals surface area (Å²) in [5.41, 5.74) is 3.61. The molecule has 5 nitrogen and oxygen atoms in total. The number of para-hydroxylation sites is 1. The van der Waals surface area contributed by atoms with E-state index in [4.69, 9.17) is 5.26 Å². The molecule has 0 spiro atoms. The Morgan fingerprint density at radius 3 is 2.56 bits per heavy atom. The van der Waals surface area contributed by atoms with Crippen molar-refractivity contribution in [2.45, 2.75) is 24.3 Å². The highest BCUT2D eigenvalue weighted by atomic mass is 32.2. The molecule has 1 atom stereocenters. The van der Waals surface area contributed by atoms with Crippen molar-refractivity contribution < 1.29 is 4.79 Å². The van der Waals surface area contributed by atoms with Gasteiger partial charge in [0.05, 0.1) is 22.2 Å². The van der Waals surface area contributed by atoms with Gasteiger partial charge in [0.15, 0.2) is 5.16 Å². The third kappa shape index (κ3) is 4.72. The van der Waals surface area contributed by atoms with Crippen molar-refractivity contribution in [1.82, 2.24) is 9.97 Å². The molecule has 1 amide bonds. The lowest BCUT2D eigenvalue weighted by atomic mass is 10.1. The molecular weight excluding hydrogens is 356 g/mol. The van der Waals surface area contributed by atoms with Gasteiger partial charge in [0.1, 0.15) is 6.07 Å². The summed E-state index contributed by atoms with van der Waals surface area (Å²) in [6.07, 6.45) is 0. The minimum Gasteiger partial charge on any atom is -0.324 e. The zero-order valence-electron chi connectivity index (χ0n) is 15.0. The normalized spacial score (nSPS) is 11.4. The Morgan fingerprint density at radius 1 is 1.11 bits per heavy atom. The number of rotatable bonds is 5. The maximum absolute atomic E-state index is 12.5. The van der Waals surface area contributed by atoms with Crippen molar-refractivity contribution in [1.29, 1.82) is 5.26 Å². The van der Waals surface area contributed by atoms with Crippen LogP contribution in [0.15, 0.2) is 65.8 Å². The molecule has 2 aromatic carbocycles. The SMILES string of the molecule is Cc1cc(-c2ccccc2)nc(S[C@@H](C)C(=O)Nc2ccccc2C#N)n1. The van der Waals surface area contributed by atoms with Crippen molar-refractivity contribution in [3.63, 3.8) is 0 Å². The molecule has 6 heteroatoms. The van der Waals surface area contributed by atoms with Gasteiger partial charge in [-0.25, -0.2) is 9.97 Å². The molecule has 0 aliphatic rings. The van der Waals surface area contributed by atoms with Gasteiger partial charge in [0.2, 0.25) is 5.91 Å². The van der Waals surface area contributed by atoms with Gasteiger partial charge in [-0.05, 0) is 32.0 Å². The second-order valence-corrected chi connectivity index (χ2v) is 7.26. The van der Waals surface area contributed by atoms with E-state index in [1.54, 1.807) is 31.2 Å². The van der Waals surface area contributed by atoms with E-state index in [1.807, 2.05) is 43.3 Å². The number of anilines is 1. The standard InChI is InChI=1S/C21H18N4OS/c1-14-12-19(16-8-4-3-5-9-16)25-21(23-14)27-15(2)20(26)24-18-11-7-6-10-17(18)13-22/h3-12,15H,1-2H3,(H,24,26)/t15-/m0/s1. The van der Waals surface area contributed by atoms with E-state index < -0.39 is 5.25 Å². The molecule has 0 aliphatic heterocycles. The Kier molecular flexibility index (Phi) is 5.84. The van der Waals surface area contributed by atoms with Gasteiger partial charge in [-0.1, -0.05) is 54.2 Å². The number of carbonyl (C=O) groups excluding carboxylic acids is 1. The minimum absolute atomic E-state index is 0.200. The number of thioether (sulfide) groups is 1. The molecule has 3 rings (SSSR count). The summed E-state index contributed by atoms with van der Waals surface area (Å²) in [5.74, 6) is -0.200. The first-order valence-electron chi connectivity index (χ1n) is 8.44. The molecular formula is C21H18N4OS. The number of nitrogens with one attached hydrogen (secondary N) is 1. The molecule has 134 valence electrons. The summed E-state index contributed by atoms with van der Waals surface area (Å²) in [6, 6.07) is 20.8. The highest BCUT2D eigenvalue weighted by Crippen LogP contribution is 2.25. The van der Waals surface area contributed by atoms with Crippen molar-refractivity contribution in [3.8, 4) is 17.3 Å². The van der Waals surface area contributed by atoms with Crippen LogP contribution in [-0.4, -0.2) is 21.1 Å². The van der Waals surface area contributed by atoms with E-state index in [0.29, 0.717) is 16.4 Å². The molecule has 0 fully saturated rings. The molecule has 0 saturated heterocycles. The molecule has 0 unspecified atom stereocenters. The van der Waals surface area contributed by atoms with Crippen LogP contribution in [0.25, 0.3) is 11.3 Å². The summed E-state index contributed by atoms with van der Waals surface area (Å²) in [5, 5.41) is 12.1. The third-order valence-corrected chi connectivity index (χ3v) is 4.82. The van der Waals surface area contributed by atoms with E-state index in [0.717, 1.165) is 17.0 Å². The first-order chi connectivity index (χ1) is 13.1. The van der Waals surface area contributed by atoms with Gasteiger partial charge in [-0.15, -0.1) is 0 Å². The van der Waals surface area contributed by atoms with Crippen LogP contribution in [-0.2, 0) is 4.79 Å². The molecule has 3 aromatic rings. The molecule has 27 heavy (non-hydrogen) atoms. The Morgan fingerprint density at radius 2 is 1.81 bits per heavy atom. The second kappa shape index (κ2) is 8.47. The monoisotopic (exact) mass is 374 g/mol. The summed E-state index contributed by atoms with van der Waals surface area (Å²) >= 11 is 1.29. The number of hydrogen-bond donors (Lipinski definition) is 1. The summed E-state index contributed by atoms with van der Waals surface area (Å²) < 4.78 is 0. The number of aromatic nitrogens is 2. The van der Waals surface area contributed by atoms with E-state index in [9.17, 15) is 4.79 Å². The van der Waals surface area contributed by atoms with Crippen LogP contribution >= 0.6 is 11.8 Å². The fourth-order valence-corrected chi connectivity index (χ4v) is 3.32. The number of hydrogen-bond acceptors (Lipinski definition) is 5. The first-order valence-corrected chi connectivity index (χ1v) is 9.32. The molecule has 0 saturated carbocycles. The lowest BCUT2D eigenvalue weighted by Gasteiger charge is -2.13. The molecule has 0 bridgehead atoms. The van der Waals surface area contributed by atoms with E-state index >= 15 is 0 Å². The molecule has 1 N–H and O–H groups in total. The van der Waals surface area contributed by atoms with E-state index in [-0.39, 0.29) is 5.91 Å². The van der Waals surface area contributed by atoms with Crippen molar-refractivity contribution in [2.75, 3.05) is 5.32 Å². The van der Waals surface area contributed by atoms with Gasteiger partial charge in [0.25, 0.3) is 0 Å². The Labute approximate surface area is 162 Å². The Bertz CT molecular complexity index is 999. The lowest BCUT2D eigenvalue weighted by molar-refractivity contribution is -0.115. The Hall–Kier alpha value is -3.17. The zero-order chi connectivity index (χ0) is 19.2. The molecule has 0 aliphatic carbocycles. The van der Waals surface area contributed by atoms with Crippen molar-refractivity contribution >= 4 is 23.4 Å². The van der Waals surface area contributed by atoms with Crippen LogP contribution in [0, 0.1) is 18.3 Å². The van der Waals surface area contributed by atoms with Crippen LogP contribution < -0.4 is 5.32 Å². The fourth-order valence-electron chi connectivity index (χ4n) is 2.49. The highest BCUT2D eigenvalue weighted by Gasteiger charge is 2.18. The zero-order valence-corrected chi connectivity index (χ0v) is 15.8. The largest absolute Gasteiger partial charge is 0.324 e. The van der Waals surface area contributed by atoms with E-state index in [2.05, 4.69) is 21.4 Å². The number of nitriles is 1. The first kappa shape index (κ1) is 18.6. The predicted molar refractivity (Wildman–Crippen MR) is 107 cm³/mol. The van der Waals surface area contributed by atoms with Gasteiger partial charge in [0, 0.05) is 11.3 Å².